The summed E-state index contributed by atoms with van der Waals surface area (Å²) >= 11 is 5.96. The molecule has 1 fully saturated rings. The summed E-state index contributed by atoms with van der Waals surface area (Å²) < 4.78 is 25.1. The predicted molar refractivity (Wildman–Crippen MR) is 72.9 cm³/mol. The zero-order valence-corrected chi connectivity index (χ0v) is 13.7. The predicted octanol–water partition coefficient (Wildman–Crippen LogP) is 0.266. The van der Waals surface area contributed by atoms with Crippen LogP contribution in [0.1, 0.15) is 27.7 Å². The van der Waals surface area contributed by atoms with Crippen LogP contribution in [0.5, 0.6) is 0 Å². The molecule has 10 heteroatoms. The summed E-state index contributed by atoms with van der Waals surface area (Å²) in [7, 11) is 0. The van der Waals surface area contributed by atoms with Crippen LogP contribution in [-0.4, -0.2) is 54.0 Å². The van der Waals surface area contributed by atoms with E-state index in [4.69, 9.17) is 35.3 Å². The Kier molecular flexibility index (Phi) is 6.77. The highest BCUT2D eigenvalue weighted by Crippen LogP contribution is 2.31. The molecule has 1 aliphatic rings. The largest absolute Gasteiger partial charge is 0.454 e. The molecular weight excluding hydrogens is 336 g/mol. The SMILES string of the molecule is CC(=O)O[C@H]1O[C@H](Cl)[C@H](OC(C)=O)[C@@H](OC(C)=O)[C@@H]1OC(C)=O. The first-order chi connectivity index (χ1) is 10.6. The zero-order chi connectivity index (χ0) is 17.7. The van der Waals surface area contributed by atoms with E-state index < -0.39 is 54.0 Å². The van der Waals surface area contributed by atoms with Gasteiger partial charge in [-0.2, -0.15) is 0 Å². The van der Waals surface area contributed by atoms with Gasteiger partial charge >= 0.3 is 23.9 Å². The van der Waals surface area contributed by atoms with Crippen LogP contribution in [0.15, 0.2) is 0 Å². The second-order valence-electron chi connectivity index (χ2n) is 4.69. The molecular formula is C13H17ClO9. The first-order valence-corrected chi connectivity index (χ1v) is 7.04. The van der Waals surface area contributed by atoms with E-state index in [1.54, 1.807) is 0 Å². The molecule has 0 saturated carbocycles. The number of carbonyl (C=O) groups is 4. The third kappa shape index (κ3) is 5.68. The molecule has 0 aliphatic carbocycles. The first-order valence-electron chi connectivity index (χ1n) is 6.60. The number of ether oxygens (including phenoxy) is 5. The van der Waals surface area contributed by atoms with Gasteiger partial charge in [0, 0.05) is 27.7 Å². The summed E-state index contributed by atoms with van der Waals surface area (Å²) in [5.41, 5.74) is -1.29. The molecule has 0 amide bonds. The Labute approximate surface area is 137 Å². The number of rotatable bonds is 4. The molecule has 0 radical (unpaired) electrons. The van der Waals surface area contributed by atoms with Gasteiger partial charge in [-0.15, -0.1) is 0 Å². The van der Waals surface area contributed by atoms with Gasteiger partial charge in [0.1, 0.15) is 0 Å². The number of alkyl halides is 1. The van der Waals surface area contributed by atoms with Gasteiger partial charge in [-0.3, -0.25) is 19.2 Å². The normalized spacial score (nSPS) is 30.0. The molecule has 1 aliphatic heterocycles. The lowest BCUT2D eigenvalue weighted by Crippen LogP contribution is -2.60. The van der Waals surface area contributed by atoms with Crippen molar-refractivity contribution in [1.29, 1.82) is 0 Å². The molecule has 5 atom stereocenters. The van der Waals surface area contributed by atoms with Crippen LogP contribution in [0.2, 0.25) is 0 Å². The summed E-state index contributed by atoms with van der Waals surface area (Å²) in [4.78, 5) is 45.0. The standard InChI is InChI=1S/C13H17ClO9/c1-5(15)19-9-10(20-6(2)16)12(14)23-13(22-8(4)18)11(9)21-7(3)17/h9-13H,1-4H3/t9-,10-,11+,12+,13+/m1/s1. The zero-order valence-electron chi connectivity index (χ0n) is 12.9. The van der Waals surface area contributed by atoms with Gasteiger partial charge in [-0.25, -0.2) is 0 Å². The molecule has 1 heterocycles. The maximum Gasteiger partial charge on any atom is 0.305 e. The Balaban J connectivity index is 3.15. The van der Waals surface area contributed by atoms with Gasteiger partial charge in [0.05, 0.1) is 0 Å². The Bertz CT molecular complexity index is 492. The smallest absolute Gasteiger partial charge is 0.305 e. The summed E-state index contributed by atoms with van der Waals surface area (Å²) in [6.45, 7) is 4.43. The van der Waals surface area contributed by atoms with Crippen molar-refractivity contribution in [3.63, 3.8) is 0 Å². The molecule has 130 valence electrons. The topological polar surface area (TPSA) is 114 Å². The van der Waals surface area contributed by atoms with E-state index in [9.17, 15) is 19.2 Å². The van der Waals surface area contributed by atoms with E-state index in [0.717, 1.165) is 27.7 Å². The van der Waals surface area contributed by atoms with Crippen molar-refractivity contribution in [3.05, 3.63) is 0 Å². The van der Waals surface area contributed by atoms with Gasteiger partial charge in [0.15, 0.2) is 17.8 Å². The maximum absolute atomic E-state index is 11.3. The van der Waals surface area contributed by atoms with Crippen LogP contribution in [0.3, 0.4) is 0 Å². The fourth-order valence-electron chi connectivity index (χ4n) is 1.98. The fraction of sp³-hybridized carbons (Fsp3) is 0.692. The van der Waals surface area contributed by atoms with Crippen LogP contribution in [0.4, 0.5) is 0 Å². The molecule has 0 spiro atoms. The first kappa shape index (κ1) is 19.2. The third-order valence-corrected chi connectivity index (χ3v) is 2.98. The molecule has 1 rings (SSSR count). The second-order valence-corrected chi connectivity index (χ2v) is 5.12. The summed E-state index contributed by atoms with van der Waals surface area (Å²) in [5.74, 6) is -2.93. The molecule has 1 saturated heterocycles. The number of halogens is 1. The highest BCUT2D eigenvalue weighted by Gasteiger charge is 2.52. The van der Waals surface area contributed by atoms with Crippen molar-refractivity contribution in [1.82, 2.24) is 0 Å². The van der Waals surface area contributed by atoms with Crippen molar-refractivity contribution >= 4 is 35.5 Å². The van der Waals surface area contributed by atoms with Gasteiger partial charge in [-0.05, 0) is 0 Å². The van der Waals surface area contributed by atoms with Crippen LogP contribution < -0.4 is 0 Å². The van der Waals surface area contributed by atoms with E-state index in [-0.39, 0.29) is 0 Å². The number of carbonyl (C=O) groups excluding carboxylic acids is 4. The molecule has 0 bridgehead atoms. The van der Waals surface area contributed by atoms with Gasteiger partial charge in [-0.1, -0.05) is 11.6 Å². The number of hydrogen-bond acceptors (Lipinski definition) is 9. The second kappa shape index (κ2) is 8.11. The minimum absolute atomic E-state index is 0.714. The summed E-state index contributed by atoms with van der Waals surface area (Å²) in [5, 5.41) is 0. The molecule has 0 aromatic heterocycles. The average Bonchev–Trinajstić information content (AvgIpc) is 2.36. The van der Waals surface area contributed by atoms with E-state index in [0.29, 0.717) is 0 Å². The Morgan fingerprint density at radius 2 is 1.09 bits per heavy atom. The Morgan fingerprint density at radius 1 is 0.696 bits per heavy atom. The Hall–Kier alpha value is -1.87. The quantitative estimate of drug-likeness (QED) is 0.399. The summed E-state index contributed by atoms with van der Waals surface area (Å²) in [6, 6.07) is 0. The lowest BCUT2D eigenvalue weighted by atomic mass is 10.0. The molecule has 0 unspecified atom stereocenters. The van der Waals surface area contributed by atoms with E-state index in [1.807, 2.05) is 0 Å². The highest BCUT2D eigenvalue weighted by molar-refractivity contribution is 6.20. The van der Waals surface area contributed by atoms with Gasteiger partial charge < -0.3 is 23.7 Å². The van der Waals surface area contributed by atoms with E-state index in [1.165, 1.54) is 0 Å². The average molecular weight is 353 g/mol. The number of esters is 4. The molecule has 0 aromatic rings. The van der Waals surface area contributed by atoms with Crippen molar-refractivity contribution in [3.8, 4) is 0 Å². The van der Waals surface area contributed by atoms with E-state index in [2.05, 4.69) is 0 Å². The van der Waals surface area contributed by atoms with E-state index >= 15 is 0 Å². The minimum Gasteiger partial charge on any atom is -0.454 e. The van der Waals surface area contributed by atoms with Crippen molar-refractivity contribution in [2.75, 3.05) is 0 Å². The fourth-order valence-corrected chi connectivity index (χ4v) is 2.28. The lowest BCUT2D eigenvalue weighted by Gasteiger charge is -2.41. The van der Waals surface area contributed by atoms with Crippen molar-refractivity contribution < 1.29 is 42.9 Å². The maximum atomic E-state index is 11.3. The van der Waals surface area contributed by atoms with Gasteiger partial charge in [0.2, 0.25) is 12.4 Å². The van der Waals surface area contributed by atoms with Crippen LogP contribution in [0.25, 0.3) is 0 Å². The monoisotopic (exact) mass is 352 g/mol. The third-order valence-electron chi connectivity index (χ3n) is 2.63. The van der Waals surface area contributed by atoms with Gasteiger partial charge in [0.25, 0.3) is 0 Å². The van der Waals surface area contributed by atoms with Crippen molar-refractivity contribution in [2.45, 2.75) is 57.9 Å². The number of hydrogen-bond donors (Lipinski definition) is 0. The van der Waals surface area contributed by atoms with Crippen molar-refractivity contribution in [2.24, 2.45) is 0 Å². The minimum atomic E-state index is -1.42. The lowest BCUT2D eigenvalue weighted by molar-refractivity contribution is -0.282. The molecule has 9 nitrogen and oxygen atoms in total. The Morgan fingerprint density at radius 3 is 1.52 bits per heavy atom. The van der Waals surface area contributed by atoms with Crippen LogP contribution >= 0.6 is 11.6 Å². The summed E-state index contributed by atoms with van der Waals surface area (Å²) in [6.07, 6.45) is -5.33. The molecule has 0 aromatic carbocycles. The van der Waals surface area contributed by atoms with Crippen LogP contribution in [0, 0.1) is 0 Å². The molecule has 23 heavy (non-hydrogen) atoms. The van der Waals surface area contributed by atoms with Crippen LogP contribution in [-0.2, 0) is 42.9 Å². The molecule has 0 N–H and O–H groups in total. The highest BCUT2D eigenvalue weighted by atomic mass is 35.5.